The van der Waals surface area contributed by atoms with Gasteiger partial charge in [0.15, 0.2) is 0 Å². The van der Waals surface area contributed by atoms with Crippen LogP contribution in [0.2, 0.25) is 0 Å². The Kier molecular flexibility index (Phi) is 4.71. The van der Waals surface area contributed by atoms with Crippen molar-refractivity contribution >= 4 is 0 Å². The minimum absolute atomic E-state index is 0.499. The van der Waals surface area contributed by atoms with Gasteiger partial charge >= 0.3 is 0 Å². The Balaban J connectivity index is 1.58. The van der Waals surface area contributed by atoms with Crippen LogP contribution in [0.1, 0.15) is 30.9 Å². The van der Waals surface area contributed by atoms with Crippen LogP contribution in [0.4, 0.5) is 0 Å². The van der Waals surface area contributed by atoms with Crippen LogP contribution in [0.3, 0.4) is 0 Å². The van der Waals surface area contributed by atoms with Crippen LogP contribution in [-0.2, 0) is 0 Å². The highest BCUT2D eigenvalue weighted by atomic mass is 15.2. The largest absolute Gasteiger partial charge is 0.308 e. The Hall–Kier alpha value is -0.900. The minimum atomic E-state index is 0.499. The molecule has 110 valence electrons. The first-order chi connectivity index (χ1) is 9.83. The Morgan fingerprint density at radius 3 is 2.80 bits per heavy atom. The number of nitrogens with one attached hydrogen (secondary N) is 1. The summed E-state index contributed by atoms with van der Waals surface area (Å²) in [5.41, 5.74) is 1.43. The van der Waals surface area contributed by atoms with Crippen molar-refractivity contribution in [3.05, 3.63) is 35.9 Å². The number of hydrogen-bond donors (Lipinski definition) is 1. The van der Waals surface area contributed by atoms with Gasteiger partial charge < -0.3 is 10.2 Å². The van der Waals surface area contributed by atoms with Crippen molar-refractivity contribution in [2.45, 2.75) is 31.3 Å². The lowest BCUT2D eigenvalue weighted by Crippen LogP contribution is -2.51. The summed E-state index contributed by atoms with van der Waals surface area (Å²) in [6.45, 7) is 5.96. The van der Waals surface area contributed by atoms with Gasteiger partial charge in [-0.15, -0.1) is 0 Å². The van der Waals surface area contributed by atoms with Gasteiger partial charge in [0.1, 0.15) is 0 Å². The Bertz CT molecular complexity index is 406. The molecule has 20 heavy (non-hydrogen) atoms. The van der Waals surface area contributed by atoms with Crippen LogP contribution >= 0.6 is 0 Å². The van der Waals surface area contributed by atoms with Gasteiger partial charge in [-0.05, 0) is 32.0 Å². The lowest BCUT2D eigenvalue weighted by Gasteiger charge is -2.40. The molecule has 2 saturated heterocycles. The topological polar surface area (TPSA) is 18.5 Å². The maximum atomic E-state index is 3.66. The van der Waals surface area contributed by atoms with E-state index in [0.717, 1.165) is 19.1 Å². The summed E-state index contributed by atoms with van der Waals surface area (Å²) in [7, 11) is 2.29. The molecule has 2 aliphatic heterocycles. The zero-order valence-electron chi connectivity index (χ0n) is 12.6. The molecule has 2 aliphatic rings. The lowest BCUT2D eigenvalue weighted by molar-refractivity contribution is 0.109. The SMILES string of the molecule is CN1CCCCC1CN1CCNC(c2ccccc2)C1. The molecule has 3 heteroatoms. The summed E-state index contributed by atoms with van der Waals surface area (Å²) < 4.78 is 0. The van der Waals surface area contributed by atoms with E-state index >= 15 is 0 Å². The number of piperazine rings is 1. The lowest BCUT2D eigenvalue weighted by atomic mass is 10.0. The maximum absolute atomic E-state index is 3.66. The molecule has 3 rings (SSSR count). The predicted octanol–water partition coefficient (Wildman–Crippen LogP) is 2.12. The van der Waals surface area contributed by atoms with Gasteiger partial charge in [-0.2, -0.15) is 0 Å². The van der Waals surface area contributed by atoms with Gasteiger partial charge in [-0.3, -0.25) is 4.90 Å². The van der Waals surface area contributed by atoms with E-state index in [1.807, 2.05) is 0 Å². The standard InChI is InChI=1S/C17H27N3/c1-19-11-6-5-9-16(19)13-20-12-10-18-17(14-20)15-7-3-2-4-8-15/h2-4,7-8,16-18H,5-6,9-14H2,1H3. The highest BCUT2D eigenvalue weighted by Crippen LogP contribution is 2.20. The van der Waals surface area contributed by atoms with Crippen molar-refractivity contribution in [3.63, 3.8) is 0 Å². The summed E-state index contributed by atoms with van der Waals surface area (Å²) in [4.78, 5) is 5.21. The summed E-state index contributed by atoms with van der Waals surface area (Å²) >= 11 is 0. The molecule has 0 spiro atoms. The van der Waals surface area contributed by atoms with Crippen LogP contribution < -0.4 is 5.32 Å². The van der Waals surface area contributed by atoms with E-state index in [1.54, 1.807) is 0 Å². The van der Waals surface area contributed by atoms with E-state index in [4.69, 9.17) is 0 Å². The molecule has 0 radical (unpaired) electrons. The van der Waals surface area contributed by atoms with Crippen molar-refractivity contribution in [1.29, 1.82) is 0 Å². The van der Waals surface area contributed by atoms with Crippen molar-refractivity contribution < 1.29 is 0 Å². The molecule has 1 N–H and O–H groups in total. The summed E-state index contributed by atoms with van der Waals surface area (Å²) in [6.07, 6.45) is 4.15. The van der Waals surface area contributed by atoms with E-state index in [-0.39, 0.29) is 0 Å². The molecular formula is C17H27N3. The van der Waals surface area contributed by atoms with Crippen molar-refractivity contribution in [1.82, 2.24) is 15.1 Å². The molecule has 1 aromatic rings. The molecule has 2 fully saturated rings. The number of likely N-dealkylation sites (N-methyl/N-ethyl adjacent to an activating group) is 1. The zero-order valence-corrected chi connectivity index (χ0v) is 12.6. The van der Waals surface area contributed by atoms with Crippen LogP contribution in [0.15, 0.2) is 30.3 Å². The van der Waals surface area contributed by atoms with Crippen LogP contribution in [0, 0.1) is 0 Å². The van der Waals surface area contributed by atoms with Crippen LogP contribution in [-0.4, -0.2) is 55.6 Å². The van der Waals surface area contributed by atoms with E-state index in [0.29, 0.717) is 6.04 Å². The highest BCUT2D eigenvalue weighted by molar-refractivity contribution is 5.19. The monoisotopic (exact) mass is 273 g/mol. The van der Waals surface area contributed by atoms with E-state index < -0.39 is 0 Å². The van der Waals surface area contributed by atoms with Crippen molar-refractivity contribution in [2.75, 3.05) is 39.8 Å². The van der Waals surface area contributed by atoms with Gasteiger partial charge in [0.25, 0.3) is 0 Å². The normalized spacial score (nSPS) is 29.4. The molecule has 2 atom stereocenters. The second-order valence-electron chi connectivity index (χ2n) is 6.31. The van der Waals surface area contributed by atoms with E-state index in [1.165, 1.54) is 44.5 Å². The summed E-state index contributed by atoms with van der Waals surface area (Å²) in [5, 5.41) is 3.66. The Labute approximate surface area is 123 Å². The molecule has 0 bridgehead atoms. The first kappa shape index (κ1) is 14.1. The highest BCUT2D eigenvalue weighted by Gasteiger charge is 2.25. The van der Waals surface area contributed by atoms with Crippen molar-refractivity contribution in [3.8, 4) is 0 Å². The van der Waals surface area contributed by atoms with Crippen LogP contribution in [0.25, 0.3) is 0 Å². The summed E-state index contributed by atoms with van der Waals surface area (Å²) in [5.74, 6) is 0. The number of nitrogens with zero attached hydrogens (tertiary/aromatic N) is 2. The van der Waals surface area contributed by atoms with Gasteiger partial charge in [-0.1, -0.05) is 36.8 Å². The van der Waals surface area contributed by atoms with Gasteiger partial charge in [-0.25, -0.2) is 0 Å². The molecule has 0 amide bonds. The van der Waals surface area contributed by atoms with Gasteiger partial charge in [0.05, 0.1) is 0 Å². The fourth-order valence-electron chi connectivity index (χ4n) is 3.56. The number of rotatable bonds is 3. The average molecular weight is 273 g/mol. The molecule has 0 aromatic heterocycles. The quantitative estimate of drug-likeness (QED) is 0.910. The third-order valence-electron chi connectivity index (χ3n) is 4.85. The first-order valence-corrected chi connectivity index (χ1v) is 8.04. The number of piperidine rings is 1. The van der Waals surface area contributed by atoms with Crippen LogP contribution in [0.5, 0.6) is 0 Å². The minimum Gasteiger partial charge on any atom is -0.308 e. The number of hydrogen-bond acceptors (Lipinski definition) is 3. The average Bonchev–Trinajstić information content (AvgIpc) is 2.51. The molecule has 3 nitrogen and oxygen atoms in total. The molecular weight excluding hydrogens is 246 g/mol. The number of benzene rings is 1. The zero-order chi connectivity index (χ0) is 13.8. The first-order valence-electron chi connectivity index (χ1n) is 8.04. The maximum Gasteiger partial charge on any atom is 0.0449 e. The fourth-order valence-corrected chi connectivity index (χ4v) is 3.56. The number of likely N-dealkylation sites (tertiary alicyclic amines) is 1. The molecule has 2 unspecified atom stereocenters. The Morgan fingerprint density at radius 1 is 1.15 bits per heavy atom. The second kappa shape index (κ2) is 6.70. The molecule has 0 aliphatic carbocycles. The predicted molar refractivity (Wildman–Crippen MR) is 83.9 cm³/mol. The van der Waals surface area contributed by atoms with E-state index in [2.05, 4.69) is 52.5 Å². The van der Waals surface area contributed by atoms with Crippen molar-refractivity contribution in [2.24, 2.45) is 0 Å². The third-order valence-corrected chi connectivity index (χ3v) is 4.85. The fraction of sp³-hybridized carbons (Fsp3) is 0.647. The van der Waals surface area contributed by atoms with Gasteiger partial charge in [0.2, 0.25) is 0 Å². The Morgan fingerprint density at radius 2 is 2.00 bits per heavy atom. The van der Waals surface area contributed by atoms with E-state index in [9.17, 15) is 0 Å². The second-order valence-corrected chi connectivity index (χ2v) is 6.31. The van der Waals surface area contributed by atoms with Gasteiger partial charge in [0, 0.05) is 38.3 Å². The third kappa shape index (κ3) is 3.40. The molecule has 2 heterocycles. The smallest absolute Gasteiger partial charge is 0.0449 e. The molecule has 0 saturated carbocycles. The molecule has 1 aromatic carbocycles. The summed E-state index contributed by atoms with van der Waals surface area (Å²) in [6, 6.07) is 12.1.